The Hall–Kier alpha value is -8.65. The van der Waals surface area contributed by atoms with Crippen LogP contribution in [0.2, 0.25) is 0 Å². The van der Waals surface area contributed by atoms with Crippen LogP contribution in [-0.2, 0) is 23.6 Å². The van der Waals surface area contributed by atoms with Gasteiger partial charge in [0, 0.05) is 96.7 Å². The van der Waals surface area contributed by atoms with Gasteiger partial charge in [-0.15, -0.1) is 0 Å². The molecule has 0 fully saturated rings. The second kappa shape index (κ2) is 36.4. The van der Waals surface area contributed by atoms with E-state index in [1.807, 2.05) is 72.8 Å². The number of nitriles is 4. The van der Waals surface area contributed by atoms with Crippen LogP contribution >= 0.6 is 14.3 Å². The van der Waals surface area contributed by atoms with Crippen molar-refractivity contribution in [3.63, 3.8) is 0 Å². The molecule has 0 heterocycles. The number of rotatable bonds is 12. The third-order valence-corrected chi connectivity index (χ3v) is 17.6. The minimum absolute atomic E-state index is 0. The normalized spacial score (nSPS) is 10.4. The average Bonchev–Trinajstić information content (AvgIpc) is 1.43. The number of phenols is 2. The van der Waals surface area contributed by atoms with Crippen molar-refractivity contribution in [2.75, 3.05) is 0 Å². The molecule has 0 amide bonds. The summed E-state index contributed by atoms with van der Waals surface area (Å²) < 4.78 is 46.9. The molecule has 0 aliphatic heterocycles. The maximum atomic E-state index is 14.9. The number of hydrogen-bond acceptors (Lipinski definition) is 16. The molecule has 2 N–H and O–H groups in total. The number of nitro groups is 1. The molecular weight excluding hydrogens is 1200 g/mol. The molecule has 19 nitrogen and oxygen atoms in total. The Morgan fingerprint density at radius 2 is 0.862 bits per heavy atom. The van der Waals surface area contributed by atoms with Crippen LogP contribution in [0, 0.1) is 68.6 Å². The van der Waals surface area contributed by atoms with Gasteiger partial charge in [-0.3, -0.25) is 19.8 Å². The molecule has 0 aromatic heterocycles. The molecule has 1 unspecified atom stereocenters. The van der Waals surface area contributed by atoms with E-state index in [4.69, 9.17) is 49.8 Å². The summed E-state index contributed by atoms with van der Waals surface area (Å²) in [6, 6.07) is 65.6. The first-order chi connectivity index (χ1) is 41.4. The number of ether oxygens (including phenoxy) is 2. The Balaban J connectivity index is 0.000000365. The van der Waals surface area contributed by atoms with Crippen LogP contribution in [0.25, 0.3) is 9.69 Å². The standard InChI is InChI=1S/C34H19N4O3P.C18H15O3P.C8H3N3O2.C3H6O.CH2O3.2K/c1-37-33-19-14-29(21-34(33)38-2)41-27-12-17-32(18-13-27)42(39,30-6-4-3-5-7-30)31-15-10-26(11-16-31)40-28-9-8-24(22-35)25(20-28)23-36;19-14-6-10-17(11-7-14)22(21,16-4-2-1-3-5-16)18-12-8-15(20)9-13-18;9-4-6-1-2-8(11(12)13)3-7(6)5-10;1-3(2)4;2-1-4-3;;/h3-21H;1-13,19-20H;1-3H;1-2H3;1,3H;;/q;;;;;;+1/p-1/i;;;1D;;;. The van der Waals surface area contributed by atoms with Crippen LogP contribution in [0.1, 0.15) is 37.4 Å². The minimum Gasteiger partial charge on any atom is -0.662 e. The number of Topliss-reactive ketones (excluding diaryl/α,β-unsaturated/α-hetero) is 1. The van der Waals surface area contributed by atoms with E-state index in [2.05, 4.69) is 14.6 Å². The van der Waals surface area contributed by atoms with E-state index in [9.17, 15) is 39.5 Å². The Morgan fingerprint density at radius 3 is 1.21 bits per heavy atom. The van der Waals surface area contributed by atoms with Gasteiger partial charge in [-0.2, -0.15) is 21.0 Å². The van der Waals surface area contributed by atoms with Crippen molar-refractivity contribution >= 4 is 127 Å². The summed E-state index contributed by atoms with van der Waals surface area (Å²) in [5.41, 5.74) is 0.952. The third-order valence-electron chi connectivity index (χ3n) is 11.5. The van der Waals surface area contributed by atoms with Gasteiger partial charge in [0.25, 0.3) is 12.2 Å². The molecule has 419 valence electrons. The van der Waals surface area contributed by atoms with E-state index >= 15 is 0 Å². The first kappa shape index (κ1) is 70.8. The molecule has 0 aliphatic carbocycles. The number of hydrogen-bond donors (Lipinski definition) is 2. The predicted molar refractivity (Wildman–Crippen MR) is 322 cm³/mol. The van der Waals surface area contributed by atoms with Crippen molar-refractivity contribution in [1.82, 2.24) is 0 Å². The van der Waals surface area contributed by atoms with Crippen LogP contribution in [0.5, 0.6) is 34.5 Å². The van der Waals surface area contributed by atoms with Gasteiger partial charge < -0.3 is 43.8 Å². The van der Waals surface area contributed by atoms with Crippen molar-refractivity contribution in [2.24, 2.45) is 0 Å². The topological polar surface area (TPSA) is 307 Å². The number of non-ortho nitro benzene ring substituents is 1. The van der Waals surface area contributed by atoms with Crippen LogP contribution in [0.3, 0.4) is 0 Å². The fraction of sp³-hybridized carbons (Fsp3) is 0.0312. The van der Waals surface area contributed by atoms with E-state index in [0.29, 0.717) is 54.8 Å². The van der Waals surface area contributed by atoms with Gasteiger partial charge in [0.1, 0.15) is 64.6 Å². The predicted octanol–water partition coefficient (Wildman–Crippen LogP) is 7.48. The number of benzene rings is 9. The SMILES string of the molecule is N#Cc1ccc([N+](=O)[O-])cc1C#N.O=CO[O-].O=P(c1ccccc1)(c1ccc(O)cc1)c1ccc(O)cc1.[2H]CC(C)=O.[C-]#[N+]c1ccc(Oc2ccc(P(=O)(c3ccccc3)c3ccc(Oc4ccc(C#N)c(C#N)c4)cc3)cc2)cc1[N+]#[C-].[K+].[K]. The Morgan fingerprint density at radius 1 is 0.540 bits per heavy atom. The molecule has 1 radical (unpaired) electrons. The molecule has 1 atom stereocenters. The van der Waals surface area contributed by atoms with Gasteiger partial charge in [-0.05, 0) is 147 Å². The molecule has 87 heavy (non-hydrogen) atoms. The number of phenolic OH excluding ortho intramolecular Hbond substituents is 2. The molecule has 0 saturated heterocycles. The monoisotopic (exact) mass is 1240 g/mol. The van der Waals surface area contributed by atoms with E-state index in [0.717, 1.165) is 6.07 Å². The van der Waals surface area contributed by atoms with Gasteiger partial charge in [0.2, 0.25) is 0 Å². The Bertz CT molecular complexity index is 4050. The van der Waals surface area contributed by atoms with Crippen LogP contribution < -0.4 is 97.9 Å². The maximum Gasteiger partial charge on any atom is 1.00 e. The molecule has 0 aliphatic rings. The Labute approximate surface area is 587 Å². The molecule has 9 aromatic rings. The van der Waals surface area contributed by atoms with Crippen molar-refractivity contribution in [3.8, 4) is 58.8 Å². The van der Waals surface area contributed by atoms with Gasteiger partial charge >= 0.3 is 51.4 Å². The largest absolute Gasteiger partial charge is 1.00 e. The molecule has 23 heteroatoms. The molecule has 9 aromatic carbocycles. The fourth-order valence-corrected chi connectivity index (χ4v) is 12.8. The summed E-state index contributed by atoms with van der Waals surface area (Å²) in [5.74, 6) is 2.00. The second-order valence-corrected chi connectivity index (χ2v) is 22.6. The van der Waals surface area contributed by atoms with Gasteiger partial charge in [0.05, 0.1) is 40.3 Å². The van der Waals surface area contributed by atoms with Crippen LogP contribution in [-0.4, -0.2) is 78.8 Å². The zero-order valence-electron chi connectivity index (χ0n) is 47.5. The quantitative estimate of drug-likeness (QED) is 0.0228. The first-order valence-electron chi connectivity index (χ1n) is 25.1. The number of carbonyl (C=O) groups excluding carboxylic acids is 2. The van der Waals surface area contributed by atoms with Crippen molar-refractivity contribution in [2.45, 2.75) is 13.8 Å². The van der Waals surface area contributed by atoms with Gasteiger partial charge in [-0.25, -0.2) is 4.85 Å². The Kier molecular flexibility index (Phi) is 29.6. The minimum atomic E-state index is -3.29. The fourth-order valence-electron chi connectivity index (χ4n) is 7.58. The third kappa shape index (κ3) is 20.2. The van der Waals surface area contributed by atoms with E-state index in [1.165, 1.54) is 61.5 Å². The molecule has 0 saturated carbocycles. The van der Waals surface area contributed by atoms with Crippen molar-refractivity contribution < 1.29 is 106 Å². The number of carbonyl (C=O) groups is 2. The molecule has 0 spiro atoms. The summed E-state index contributed by atoms with van der Waals surface area (Å²) in [7, 11) is -6.33. The number of nitro benzene ring substituents is 1. The summed E-state index contributed by atoms with van der Waals surface area (Å²) in [6.07, 6.45) is 0. The van der Waals surface area contributed by atoms with E-state index in [1.54, 1.807) is 103 Å². The molecule has 9 rings (SSSR count). The van der Waals surface area contributed by atoms with Gasteiger partial charge in [-0.1, -0.05) is 66.7 Å². The maximum absolute atomic E-state index is 14.9. The zero-order chi connectivity index (χ0) is 62.7. The second-order valence-electron chi connectivity index (χ2n) is 17.0. The van der Waals surface area contributed by atoms with Crippen molar-refractivity contribution in [1.29, 1.82) is 21.0 Å². The summed E-state index contributed by atoms with van der Waals surface area (Å²) in [4.78, 5) is 37.3. The number of nitrogens with zero attached hydrogens (tertiary/aromatic N) is 7. The van der Waals surface area contributed by atoms with Crippen LogP contribution in [0.15, 0.2) is 212 Å². The van der Waals surface area contributed by atoms with E-state index < -0.39 is 19.2 Å². The average molecular weight is 1240 g/mol. The summed E-state index contributed by atoms with van der Waals surface area (Å²) >= 11 is 0. The molecule has 0 bridgehead atoms. The summed E-state index contributed by atoms with van der Waals surface area (Å²) in [6.45, 7) is 15.6. The zero-order valence-corrected chi connectivity index (χ0v) is 54.5. The number of ketones is 1. The van der Waals surface area contributed by atoms with Crippen molar-refractivity contribution in [3.05, 3.63) is 268 Å². The van der Waals surface area contributed by atoms with Crippen LogP contribution in [0.4, 0.5) is 17.1 Å². The van der Waals surface area contributed by atoms with E-state index in [-0.39, 0.29) is 173 Å². The summed E-state index contributed by atoms with van der Waals surface area (Å²) in [5, 5.41) is 77.0. The smallest absolute Gasteiger partial charge is 0.662 e. The number of aromatic hydroxyl groups is 2. The first-order valence-corrected chi connectivity index (χ1v) is 27.8. The van der Waals surface area contributed by atoms with Gasteiger partial charge in [0.15, 0.2) is 25.7 Å². The molecular formula is C64H44K2N7O12P2.